The Bertz CT molecular complexity index is 627. The van der Waals surface area contributed by atoms with E-state index in [0.29, 0.717) is 19.1 Å². The highest BCUT2D eigenvalue weighted by atomic mass is 35.5. The quantitative estimate of drug-likeness (QED) is 0.744. The summed E-state index contributed by atoms with van der Waals surface area (Å²) in [6.07, 6.45) is 0. The van der Waals surface area contributed by atoms with E-state index in [9.17, 15) is 4.79 Å². The van der Waals surface area contributed by atoms with E-state index in [1.54, 1.807) is 4.90 Å². The van der Waals surface area contributed by atoms with E-state index in [0.717, 1.165) is 15.8 Å². The van der Waals surface area contributed by atoms with Gasteiger partial charge in [0, 0.05) is 24.5 Å². The molecule has 0 radical (unpaired) electrons. The molecule has 0 N–H and O–H groups in total. The van der Waals surface area contributed by atoms with Crippen LogP contribution in [0.25, 0.3) is 0 Å². The first-order chi connectivity index (χ1) is 11.0. The predicted octanol–water partition coefficient (Wildman–Crippen LogP) is 4.27. The van der Waals surface area contributed by atoms with Gasteiger partial charge in [-0.05, 0) is 31.5 Å². The van der Waals surface area contributed by atoms with Gasteiger partial charge in [-0.3, -0.25) is 9.69 Å². The molecule has 0 saturated heterocycles. The average molecular weight is 351 g/mol. The fraction of sp³-hybridized carbons (Fsp3) is 0.389. The second-order valence-electron chi connectivity index (χ2n) is 5.94. The van der Waals surface area contributed by atoms with Crippen molar-refractivity contribution in [3.63, 3.8) is 0 Å². The van der Waals surface area contributed by atoms with Gasteiger partial charge < -0.3 is 4.90 Å². The van der Waals surface area contributed by atoms with Gasteiger partial charge in [-0.1, -0.05) is 41.9 Å². The van der Waals surface area contributed by atoms with E-state index in [2.05, 4.69) is 30.9 Å². The summed E-state index contributed by atoms with van der Waals surface area (Å²) in [5.74, 6) is 0.124. The summed E-state index contributed by atoms with van der Waals surface area (Å²) in [5.41, 5.74) is 1.22. The normalized spacial score (nSPS) is 11.2. The van der Waals surface area contributed by atoms with Gasteiger partial charge in [-0.15, -0.1) is 11.3 Å². The monoisotopic (exact) mass is 350 g/mol. The van der Waals surface area contributed by atoms with E-state index in [-0.39, 0.29) is 5.91 Å². The number of nitrogens with zero attached hydrogens (tertiary/aromatic N) is 2. The number of benzene rings is 1. The van der Waals surface area contributed by atoms with Gasteiger partial charge in [-0.2, -0.15) is 0 Å². The number of rotatable bonds is 7. The molecule has 0 bridgehead atoms. The van der Waals surface area contributed by atoms with Crippen LogP contribution in [0, 0.1) is 0 Å². The highest BCUT2D eigenvalue weighted by Crippen LogP contribution is 2.22. The molecule has 0 unspecified atom stereocenters. The first-order valence-electron chi connectivity index (χ1n) is 7.72. The van der Waals surface area contributed by atoms with E-state index in [4.69, 9.17) is 11.6 Å². The summed E-state index contributed by atoms with van der Waals surface area (Å²) in [6, 6.07) is 14.4. The molecule has 0 aliphatic carbocycles. The van der Waals surface area contributed by atoms with Crippen LogP contribution in [0.3, 0.4) is 0 Å². The molecule has 1 amide bonds. The standard InChI is InChI=1S/C18H23ClN2OS/c1-14(2)21(11-15-7-5-4-6-8-15)13-18(22)20(3)12-16-9-10-17(19)23-16/h4-10,14H,11-13H2,1-3H3. The summed E-state index contributed by atoms with van der Waals surface area (Å²) in [5, 5.41) is 0. The molecule has 0 atom stereocenters. The lowest BCUT2D eigenvalue weighted by Gasteiger charge is -2.28. The number of hydrogen-bond acceptors (Lipinski definition) is 3. The van der Waals surface area contributed by atoms with Crippen LogP contribution in [-0.4, -0.2) is 35.3 Å². The third kappa shape index (κ3) is 5.65. The van der Waals surface area contributed by atoms with Crippen molar-refractivity contribution in [2.24, 2.45) is 0 Å². The third-order valence-corrected chi connectivity index (χ3v) is 4.96. The molecule has 0 aliphatic heterocycles. The maximum Gasteiger partial charge on any atom is 0.236 e. The van der Waals surface area contributed by atoms with Crippen molar-refractivity contribution in [1.29, 1.82) is 0 Å². The van der Waals surface area contributed by atoms with Gasteiger partial charge >= 0.3 is 0 Å². The molecule has 1 heterocycles. The maximum absolute atomic E-state index is 12.5. The van der Waals surface area contributed by atoms with Gasteiger partial charge in [0.15, 0.2) is 0 Å². The van der Waals surface area contributed by atoms with E-state index in [1.165, 1.54) is 16.9 Å². The van der Waals surface area contributed by atoms with Gasteiger partial charge in [0.05, 0.1) is 17.4 Å². The van der Waals surface area contributed by atoms with E-state index in [1.807, 2.05) is 37.4 Å². The number of hydrogen-bond donors (Lipinski definition) is 0. The molecule has 0 spiro atoms. The van der Waals surface area contributed by atoms with Gasteiger partial charge in [-0.25, -0.2) is 0 Å². The summed E-state index contributed by atoms with van der Waals surface area (Å²) < 4.78 is 0.758. The first-order valence-corrected chi connectivity index (χ1v) is 8.91. The van der Waals surface area contributed by atoms with Crippen LogP contribution < -0.4 is 0 Å². The Hall–Kier alpha value is -1.36. The SMILES string of the molecule is CC(C)N(CC(=O)N(C)Cc1ccc(Cl)s1)Cc1ccccc1. The van der Waals surface area contributed by atoms with E-state index < -0.39 is 0 Å². The number of likely N-dealkylation sites (N-methyl/N-ethyl adjacent to an activating group) is 1. The molecule has 3 nitrogen and oxygen atoms in total. The van der Waals surface area contributed by atoms with Gasteiger partial charge in [0.2, 0.25) is 5.91 Å². The summed E-state index contributed by atoms with van der Waals surface area (Å²) in [6.45, 7) is 6.04. The van der Waals surface area contributed by atoms with Crippen molar-refractivity contribution in [2.45, 2.75) is 33.0 Å². The van der Waals surface area contributed by atoms with Crippen molar-refractivity contribution < 1.29 is 4.79 Å². The van der Waals surface area contributed by atoms with Crippen molar-refractivity contribution in [3.05, 3.63) is 57.2 Å². The van der Waals surface area contributed by atoms with E-state index >= 15 is 0 Å². The maximum atomic E-state index is 12.5. The van der Waals surface area contributed by atoms with Crippen LogP contribution >= 0.6 is 22.9 Å². The molecule has 0 aliphatic rings. The van der Waals surface area contributed by atoms with Crippen LogP contribution in [0.1, 0.15) is 24.3 Å². The number of halogens is 1. The summed E-state index contributed by atoms with van der Waals surface area (Å²) >= 11 is 7.47. The second-order valence-corrected chi connectivity index (χ2v) is 7.74. The van der Waals surface area contributed by atoms with Crippen molar-refractivity contribution in [3.8, 4) is 0 Å². The fourth-order valence-electron chi connectivity index (χ4n) is 2.29. The van der Waals surface area contributed by atoms with Crippen LogP contribution in [0.2, 0.25) is 4.34 Å². The lowest BCUT2D eigenvalue weighted by atomic mass is 10.2. The molecular weight excluding hydrogens is 328 g/mol. The molecule has 23 heavy (non-hydrogen) atoms. The predicted molar refractivity (Wildman–Crippen MR) is 97.8 cm³/mol. The molecule has 0 fully saturated rings. The van der Waals surface area contributed by atoms with Crippen LogP contribution in [-0.2, 0) is 17.9 Å². The van der Waals surface area contributed by atoms with Gasteiger partial charge in [0.25, 0.3) is 0 Å². The molecule has 0 saturated carbocycles. The largest absolute Gasteiger partial charge is 0.340 e. The van der Waals surface area contributed by atoms with Crippen LogP contribution in [0.5, 0.6) is 0 Å². The minimum atomic E-state index is 0.124. The number of thiophene rings is 1. The third-order valence-electron chi connectivity index (χ3n) is 3.74. The van der Waals surface area contributed by atoms with Crippen LogP contribution in [0.15, 0.2) is 42.5 Å². The Balaban J connectivity index is 1.94. The number of amides is 1. The van der Waals surface area contributed by atoms with Crippen LogP contribution in [0.4, 0.5) is 0 Å². The minimum Gasteiger partial charge on any atom is -0.340 e. The van der Waals surface area contributed by atoms with Crippen molar-refractivity contribution >= 4 is 28.8 Å². The molecule has 124 valence electrons. The minimum absolute atomic E-state index is 0.124. The number of carbonyl (C=O) groups is 1. The molecular formula is C18H23ClN2OS. The molecule has 2 aromatic rings. The molecule has 1 aromatic heterocycles. The first kappa shape index (κ1) is 18.0. The zero-order valence-electron chi connectivity index (χ0n) is 13.8. The molecule has 1 aromatic carbocycles. The fourth-order valence-corrected chi connectivity index (χ4v) is 3.43. The lowest BCUT2D eigenvalue weighted by molar-refractivity contribution is -0.132. The Kier molecular flexibility index (Phi) is 6.63. The molecule has 2 rings (SSSR count). The van der Waals surface area contributed by atoms with Crippen molar-refractivity contribution in [1.82, 2.24) is 9.80 Å². The number of carbonyl (C=O) groups excluding carboxylic acids is 1. The highest BCUT2D eigenvalue weighted by Gasteiger charge is 2.18. The Morgan fingerprint density at radius 3 is 2.39 bits per heavy atom. The smallest absolute Gasteiger partial charge is 0.236 e. The lowest BCUT2D eigenvalue weighted by Crippen LogP contribution is -2.40. The second kappa shape index (κ2) is 8.48. The van der Waals surface area contributed by atoms with Gasteiger partial charge in [0.1, 0.15) is 0 Å². The topological polar surface area (TPSA) is 23.6 Å². The zero-order chi connectivity index (χ0) is 16.8. The Morgan fingerprint density at radius 2 is 1.83 bits per heavy atom. The highest BCUT2D eigenvalue weighted by molar-refractivity contribution is 7.16. The van der Waals surface area contributed by atoms with Crippen molar-refractivity contribution in [2.75, 3.05) is 13.6 Å². The average Bonchev–Trinajstić information content (AvgIpc) is 2.92. The Labute approximate surface area is 147 Å². The summed E-state index contributed by atoms with van der Waals surface area (Å²) in [7, 11) is 1.84. The summed E-state index contributed by atoms with van der Waals surface area (Å²) in [4.78, 5) is 17.6. The molecule has 5 heteroatoms. The Morgan fingerprint density at radius 1 is 1.13 bits per heavy atom. The zero-order valence-corrected chi connectivity index (χ0v) is 15.4.